The third kappa shape index (κ3) is 6.97. The number of halogens is 1. The molecular formula is C11H16BrN4O7+. The molecule has 0 radical (unpaired) electrons. The van der Waals surface area contributed by atoms with Crippen molar-refractivity contribution in [1.29, 1.82) is 0 Å². The van der Waals surface area contributed by atoms with Gasteiger partial charge in [0.15, 0.2) is 0 Å². The maximum absolute atomic E-state index is 10.4. The molecule has 12 heteroatoms. The van der Waals surface area contributed by atoms with Crippen LogP contribution in [0.15, 0.2) is 12.1 Å². The Morgan fingerprint density at radius 1 is 1.00 bits per heavy atom. The van der Waals surface area contributed by atoms with E-state index in [9.17, 15) is 30.3 Å². The maximum Gasteiger partial charge on any atom is 0.324 e. The molecule has 0 atom stereocenters. The molecule has 0 amide bonds. The molecule has 128 valence electrons. The lowest BCUT2D eigenvalue weighted by atomic mass is 10.2. The van der Waals surface area contributed by atoms with E-state index < -0.39 is 37.6 Å². The minimum atomic E-state index is -1.21. The Morgan fingerprint density at radius 2 is 1.39 bits per heavy atom. The van der Waals surface area contributed by atoms with E-state index in [-0.39, 0.29) is 0 Å². The summed E-state index contributed by atoms with van der Waals surface area (Å²) in [4.78, 5) is 27.8. The standard InChI is InChI=1S/C6H3N3O7.C5H13BrN/c10-6-4(8(13)14)1-3(7(11)12)2-5(6)9(15)16;1-7(2,3)5-4-6/h1-2,10H;4-5H2,1-3H3/q;+1. The van der Waals surface area contributed by atoms with Crippen LogP contribution in [0.25, 0.3) is 0 Å². The Morgan fingerprint density at radius 3 is 1.57 bits per heavy atom. The van der Waals surface area contributed by atoms with E-state index in [0.717, 1.165) is 9.81 Å². The number of alkyl halides is 1. The van der Waals surface area contributed by atoms with Gasteiger partial charge in [-0.25, -0.2) is 0 Å². The Balaban J connectivity index is 0.000000585. The Hall–Kier alpha value is -2.34. The van der Waals surface area contributed by atoms with Gasteiger partial charge in [-0.3, -0.25) is 30.3 Å². The molecular weight excluding hydrogens is 380 g/mol. The fourth-order valence-corrected chi connectivity index (χ4v) is 2.29. The van der Waals surface area contributed by atoms with Crippen molar-refractivity contribution < 1.29 is 24.4 Å². The molecule has 0 aliphatic rings. The summed E-state index contributed by atoms with van der Waals surface area (Å²) in [5.74, 6) is -1.21. The van der Waals surface area contributed by atoms with Gasteiger partial charge in [0.25, 0.3) is 11.4 Å². The molecule has 23 heavy (non-hydrogen) atoms. The van der Waals surface area contributed by atoms with E-state index in [0.29, 0.717) is 12.1 Å². The lowest BCUT2D eigenvalue weighted by molar-refractivity contribution is -0.867. The number of hydrogen-bond donors (Lipinski definition) is 1. The number of phenolic OH excluding ortho intramolecular Hbond substituents is 1. The number of nitro groups is 3. The number of quaternary nitrogens is 1. The minimum absolute atomic E-state index is 0.447. The normalized spacial score (nSPS) is 10.4. The van der Waals surface area contributed by atoms with E-state index in [1.807, 2.05) is 0 Å². The highest BCUT2D eigenvalue weighted by molar-refractivity contribution is 9.09. The van der Waals surface area contributed by atoms with Crippen LogP contribution in [0, 0.1) is 30.3 Å². The van der Waals surface area contributed by atoms with Crippen LogP contribution in [0.4, 0.5) is 17.1 Å². The third-order valence-electron chi connectivity index (χ3n) is 2.41. The first-order valence-electron chi connectivity index (χ1n) is 6.07. The molecule has 1 aromatic carbocycles. The Labute approximate surface area is 139 Å². The topological polar surface area (TPSA) is 150 Å². The number of benzene rings is 1. The van der Waals surface area contributed by atoms with Gasteiger partial charge in [0, 0.05) is 0 Å². The number of rotatable bonds is 5. The van der Waals surface area contributed by atoms with Crippen LogP contribution >= 0.6 is 15.9 Å². The zero-order valence-corrected chi connectivity index (χ0v) is 14.2. The molecule has 0 aliphatic heterocycles. The summed E-state index contributed by atoms with van der Waals surface area (Å²) >= 11 is 3.37. The van der Waals surface area contributed by atoms with Crippen LogP contribution in [-0.4, -0.2) is 57.4 Å². The van der Waals surface area contributed by atoms with Crippen molar-refractivity contribution in [2.24, 2.45) is 0 Å². The van der Waals surface area contributed by atoms with Crippen molar-refractivity contribution >= 4 is 33.0 Å². The summed E-state index contributed by atoms with van der Waals surface area (Å²) in [7, 11) is 6.55. The molecule has 0 aliphatic carbocycles. The van der Waals surface area contributed by atoms with Gasteiger partial charge in [-0.05, 0) is 0 Å². The Kier molecular flexibility index (Phi) is 7.49. The van der Waals surface area contributed by atoms with Gasteiger partial charge in [-0.15, -0.1) is 0 Å². The second-order valence-corrected chi connectivity index (χ2v) is 6.10. The first kappa shape index (κ1) is 20.7. The van der Waals surface area contributed by atoms with Crippen molar-refractivity contribution in [1.82, 2.24) is 0 Å². The number of non-ortho nitro benzene ring substituents is 1. The zero-order valence-electron chi connectivity index (χ0n) is 12.6. The lowest BCUT2D eigenvalue weighted by Crippen LogP contribution is -2.35. The van der Waals surface area contributed by atoms with Crippen LogP contribution in [0.5, 0.6) is 5.75 Å². The van der Waals surface area contributed by atoms with Crippen molar-refractivity contribution in [3.05, 3.63) is 42.5 Å². The second kappa shape index (κ2) is 8.33. The minimum Gasteiger partial charge on any atom is -0.497 e. The highest BCUT2D eigenvalue weighted by Crippen LogP contribution is 2.38. The largest absolute Gasteiger partial charge is 0.497 e. The van der Waals surface area contributed by atoms with E-state index in [2.05, 4.69) is 37.1 Å². The van der Waals surface area contributed by atoms with Crippen LogP contribution in [0.2, 0.25) is 0 Å². The fourth-order valence-electron chi connectivity index (χ4n) is 1.23. The van der Waals surface area contributed by atoms with Gasteiger partial charge in [0.2, 0.25) is 0 Å². The quantitative estimate of drug-likeness (QED) is 0.347. The van der Waals surface area contributed by atoms with Crippen molar-refractivity contribution in [3.8, 4) is 5.75 Å². The molecule has 11 nitrogen and oxygen atoms in total. The molecule has 0 unspecified atom stereocenters. The van der Waals surface area contributed by atoms with Crippen molar-refractivity contribution in [3.63, 3.8) is 0 Å². The van der Waals surface area contributed by atoms with Crippen LogP contribution in [0.3, 0.4) is 0 Å². The molecule has 0 saturated carbocycles. The summed E-state index contributed by atoms with van der Waals surface area (Å²) in [5, 5.41) is 41.3. The summed E-state index contributed by atoms with van der Waals surface area (Å²) in [6.45, 7) is 1.19. The number of hydrogen-bond acceptors (Lipinski definition) is 7. The number of nitro benzene ring substituents is 3. The van der Waals surface area contributed by atoms with E-state index >= 15 is 0 Å². The SMILES string of the molecule is C[N+](C)(C)CCBr.O=[N+]([O-])c1cc([N+](=O)[O-])c(O)c([N+](=O)[O-])c1. The van der Waals surface area contributed by atoms with Crippen molar-refractivity contribution in [2.45, 2.75) is 0 Å². The van der Waals surface area contributed by atoms with Gasteiger partial charge in [-0.2, -0.15) is 0 Å². The molecule has 1 aromatic rings. The summed E-state index contributed by atoms with van der Waals surface area (Å²) in [5.41, 5.74) is -3.00. The molecule has 0 aromatic heterocycles. The van der Waals surface area contributed by atoms with Gasteiger partial charge in [0.05, 0.1) is 59.9 Å². The number of aromatic hydroxyl groups is 1. The summed E-state index contributed by atoms with van der Waals surface area (Å²) < 4.78 is 1.05. The van der Waals surface area contributed by atoms with Crippen molar-refractivity contribution in [2.75, 3.05) is 33.0 Å². The molecule has 0 heterocycles. The molecule has 0 saturated heterocycles. The molecule has 1 N–H and O–H groups in total. The van der Waals surface area contributed by atoms with Crippen LogP contribution in [0.1, 0.15) is 0 Å². The van der Waals surface area contributed by atoms with E-state index in [1.54, 1.807) is 0 Å². The predicted molar refractivity (Wildman–Crippen MR) is 84.8 cm³/mol. The zero-order chi connectivity index (χ0) is 18.4. The highest BCUT2D eigenvalue weighted by atomic mass is 79.9. The average molecular weight is 396 g/mol. The Bertz CT molecular complexity index is 580. The molecule has 0 spiro atoms. The van der Waals surface area contributed by atoms with Gasteiger partial charge < -0.3 is 9.59 Å². The summed E-state index contributed by atoms with van der Waals surface area (Å²) in [6, 6.07) is 0.894. The lowest BCUT2D eigenvalue weighted by Gasteiger charge is -2.21. The van der Waals surface area contributed by atoms with Gasteiger partial charge >= 0.3 is 11.4 Å². The second-order valence-electron chi connectivity index (χ2n) is 5.31. The molecule has 1 rings (SSSR count). The number of nitrogens with zero attached hydrogens (tertiary/aromatic N) is 4. The third-order valence-corrected chi connectivity index (χ3v) is 2.77. The smallest absolute Gasteiger partial charge is 0.324 e. The van der Waals surface area contributed by atoms with Gasteiger partial charge in [0.1, 0.15) is 0 Å². The molecule has 0 fully saturated rings. The summed E-state index contributed by atoms with van der Waals surface area (Å²) in [6.07, 6.45) is 0. The first-order chi connectivity index (χ1) is 10.4. The average Bonchev–Trinajstić information content (AvgIpc) is 2.37. The maximum atomic E-state index is 10.4. The predicted octanol–water partition coefficient (Wildman–Crippen LogP) is 2.20. The highest BCUT2D eigenvalue weighted by Gasteiger charge is 2.30. The number of phenols is 1. The molecule has 0 bridgehead atoms. The fraction of sp³-hybridized carbons (Fsp3) is 0.455. The van der Waals surface area contributed by atoms with Gasteiger partial charge in [-0.1, -0.05) is 15.9 Å². The first-order valence-corrected chi connectivity index (χ1v) is 7.19. The van der Waals surface area contributed by atoms with Crippen LogP contribution in [-0.2, 0) is 0 Å². The van der Waals surface area contributed by atoms with E-state index in [1.165, 1.54) is 6.54 Å². The van der Waals surface area contributed by atoms with Crippen LogP contribution < -0.4 is 0 Å². The van der Waals surface area contributed by atoms with E-state index in [4.69, 9.17) is 5.11 Å². The monoisotopic (exact) mass is 395 g/mol.